The van der Waals surface area contributed by atoms with Crippen LogP contribution in [0, 0.1) is 0 Å². The van der Waals surface area contributed by atoms with E-state index >= 15 is 0 Å². The number of benzene rings is 2. The van der Waals surface area contributed by atoms with E-state index in [4.69, 9.17) is 27.9 Å². The predicted molar refractivity (Wildman–Crippen MR) is 97.5 cm³/mol. The number of para-hydroxylation sites is 1. The normalized spacial score (nSPS) is 10.5. The predicted octanol–water partition coefficient (Wildman–Crippen LogP) is 2.88. The standard InChI is InChI=1S/C17H15Cl2N3O3/c1-25-15-8-3-2-5-11(15)17(24)20-10-16(23)22-21-9-12-13(18)6-4-7-14(12)19/h2-9H,10H2,1H3,(H,20,24)(H,22,23). The fourth-order valence-electron chi connectivity index (χ4n) is 1.93. The maximum absolute atomic E-state index is 12.1. The van der Waals surface area contributed by atoms with Crippen molar-refractivity contribution < 1.29 is 14.3 Å². The number of nitrogens with one attached hydrogen (secondary N) is 2. The van der Waals surface area contributed by atoms with Crippen LogP contribution in [0.2, 0.25) is 10.0 Å². The number of amides is 2. The van der Waals surface area contributed by atoms with Gasteiger partial charge in [0.15, 0.2) is 0 Å². The second-order valence-electron chi connectivity index (χ2n) is 4.81. The average Bonchev–Trinajstić information content (AvgIpc) is 2.62. The molecule has 0 spiro atoms. The van der Waals surface area contributed by atoms with E-state index in [0.29, 0.717) is 26.9 Å². The van der Waals surface area contributed by atoms with Crippen molar-refractivity contribution in [2.45, 2.75) is 0 Å². The Morgan fingerprint density at radius 2 is 1.80 bits per heavy atom. The van der Waals surface area contributed by atoms with Crippen LogP contribution < -0.4 is 15.5 Å². The molecule has 0 aliphatic rings. The summed E-state index contributed by atoms with van der Waals surface area (Å²) >= 11 is 12.0. The first-order valence-corrected chi connectivity index (χ1v) is 7.95. The number of carbonyl (C=O) groups excluding carboxylic acids is 2. The lowest BCUT2D eigenvalue weighted by atomic mass is 10.2. The molecule has 8 heteroatoms. The van der Waals surface area contributed by atoms with Crippen LogP contribution in [0.5, 0.6) is 5.75 Å². The lowest BCUT2D eigenvalue weighted by Gasteiger charge is -2.08. The van der Waals surface area contributed by atoms with Crippen LogP contribution in [0.4, 0.5) is 0 Å². The lowest BCUT2D eigenvalue weighted by molar-refractivity contribution is -0.120. The quantitative estimate of drug-likeness (QED) is 0.598. The highest BCUT2D eigenvalue weighted by molar-refractivity contribution is 6.38. The van der Waals surface area contributed by atoms with Gasteiger partial charge in [-0.05, 0) is 24.3 Å². The molecule has 0 aromatic heterocycles. The summed E-state index contributed by atoms with van der Waals surface area (Å²) in [6, 6.07) is 11.7. The Morgan fingerprint density at radius 1 is 1.12 bits per heavy atom. The van der Waals surface area contributed by atoms with Crippen molar-refractivity contribution in [3.05, 3.63) is 63.6 Å². The van der Waals surface area contributed by atoms with Crippen LogP contribution >= 0.6 is 23.2 Å². The van der Waals surface area contributed by atoms with E-state index in [0.717, 1.165) is 0 Å². The maximum atomic E-state index is 12.1. The molecule has 0 heterocycles. The zero-order valence-corrected chi connectivity index (χ0v) is 14.8. The fraction of sp³-hybridized carbons (Fsp3) is 0.118. The van der Waals surface area contributed by atoms with Gasteiger partial charge >= 0.3 is 0 Å². The second-order valence-corrected chi connectivity index (χ2v) is 5.63. The largest absolute Gasteiger partial charge is 0.496 e. The summed E-state index contributed by atoms with van der Waals surface area (Å²) in [5.74, 6) is -0.500. The maximum Gasteiger partial charge on any atom is 0.259 e. The molecule has 0 atom stereocenters. The number of halogens is 2. The van der Waals surface area contributed by atoms with Gasteiger partial charge in [-0.15, -0.1) is 0 Å². The molecule has 0 aliphatic carbocycles. The van der Waals surface area contributed by atoms with Gasteiger partial charge in [0.1, 0.15) is 5.75 Å². The van der Waals surface area contributed by atoms with Gasteiger partial charge in [-0.2, -0.15) is 5.10 Å². The Bertz CT molecular complexity index is 789. The smallest absolute Gasteiger partial charge is 0.259 e. The number of hydrogen-bond acceptors (Lipinski definition) is 4. The van der Waals surface area contributed by atoms with Gasteiger partial charge in [-0.25, -0.2) is 5.43 Å². The zero-order chi connectivity index (χ0) is 18.2. The molecule has 2 aromatic carbocycles. The third-order valence-corrected chi connectivity index (χ3v) is 3.80. The Balaban J connectivity index is 1.88. The number of nitrogens with zero attached hydrogens (tertiary/aromatic N) is 1. The van der Waals surface area contributed by atoms with Gasteiger partial charge in [-0.1, -0.05) is 41.4 Å². The molecule has 2 amide bonds. The Morgan fingerprint density at radius 3 is 2.48 bits per heavy atom. The Kier molecular flexibility index (Phi) is 6.80. The molecular formula is C17H15Cl2N3O3. The summed E-state index contributed by atoms with van der Waals surface area (Å²) in [7, 11) is 1.47. The number of carbonyl (C=O) groups is 2. The third-order valence-electron chi connectivity index (χ3n) is 3.14. The molecule has 0 bridgehead atoms. The van der Waals surface area contributed by atoms with Crippen LogP contribution in [-0.2, 0) is 4.79 Å². The summed E-state index contributed by atoms with van der Waals surface area (Å²) in [6.07, 6.45) is 1.34. The second kappa shape index (κ2) is 9.05. The highest BCUT2D eigenvalue weighted by Crippen LogP contribution is 2.22. The van der Waals surface area contributed by atoms with Crippen LogP contribution in [0.1, 0.15) is 15.9 Å². The molecular weight excluding hydrogens is 365 g/mol. The van der Waals surface area contributed by atoms with Gasteiger partial charge in [-0.3, -0.25) is 9.59 Å². The van der Waals surface area contributed by atoms with Gasteiger partial charge in [0.05, 0.1) is 35.5 Å². The molecule has 0 saturated heterocycles. The van der Waals surface area contributed by atoms with Crippen molar-refractivity contribution in [1.29, 1.82) is 0 Å². The highest BCUT2D eigenvalue weighted by Gasteiger charge is 2.12. The van der Waals surface area contributed by atoms with E-state index in [1.807, 2.05) is 0 Å². The van der Waals surface area contributed by atoms with E-state index in [1.165, 1.54) is 13.3 Å². The number of rotatable bonds is 6. The fourth-order valence-corrected chi connectivity index (χ4v) is 2.43. The summed E-state index contributed by atoms with van der Waals surface area (Å²) in [4.78, 5) is 23.8. The molecule has 25 heavy (non-hydrogen) atoms. The van der Waals surface area contributed by atoms with Crippen molar-refractivity contribution in [3.8, 4) is 5.75 Å². The zero-order valence-electron chi connectivity index (χ0n) is 13.3. The number of ether oxygens (including phenoxy) is 1. The van der Waals surface area contributed by atoms with Gasteiger partial charge < -0.3 is 10.1 Å². The molecule has 6 nitrogen and oxygen atoms in total. The van der Waals surface area contributed by atoms with Crippen molar-refractivity contribution >= 4 is 41.2 Å². The first kappa shape index (κ1) is 18.8. The Hall–Kier alpha value is -2.57. The SMILES string of the molecule is COc1ccccc1C(=O)NCC(=O)NN=Cc1c(Cl)cccc1Cl. The minimum Gasteiger partial charge on any atom is -0.496 e. The highest BCUT2D eigenvalue weighted by atomic mass is 35.5. The minimum atomic E-state index is -0.498. The molecule has 2 rings (SSSR count). The molecule has 0 fully saturated rings. The third kappa shape index (κ3) is 5.20. The molecule has 0 saturated carbocycles. The molecule has 130 valence electrons. The number of methoxy groups -OCH3 is 1. The van der Waals surface area contributed by atoms with Crippen molar-refractivity contribution in [2.24, 2.45) is 5.10 Å². The summed E-state index contributed by atoms with van der Waals surface area (Å²) in [5.41, 5.74) is 3.12. The van der Waals surface area contributed by atoms with E-state index in [-0.39, 0.29) is 6.54 Å². The summed E-state index contributed by atoms with van der Waals surface area (Å²) in [6.45, 7) is -0.246. The van der Waals surface area contributed by atoms with Crippen LogP contribution in [-0.4, -0.2) is 31.7 Å². The van der Waals surface area contributed by atoms with Crippen LogP contribution in [0.15, 0.2) is 47.6 Å². The topological polar surface area (TPSA) is 79.8 Å². The van der Waals surface area contributed by atoms with Gasteiger partial charge in [0.25, 0.3) is 11.8 Å². The molecule has 0 radical (unpaired) electrons. The monoisotopic (exact) mass is 379 g/mol. The molecule has 0 aliphatic heterocycles. The van der Waals surface area contributed by atoms with Gasteiger partial charge in [0.2, 0.25) is 0 Å². The lowest BCUT2D eigenvalue weighted by Crippen LogP contribution is -2.35. The number of hydrogen-bond donors (Lipinski definition) is 2. The molecule has 2 N–H and O–H groups in total. The summed E-state index contributed by atoms with van der Waals surface area (Å²) < 4.78 is 5.10. The van der Waals surface area contributed by atoms with E-state index < -0.39 is 11.8 Å². The number of hydrazone groups is 1. The van der Waals surface area contributed by atoms with Crippen molar-refractivity contribution in [3.63, 3.8) is 0 Å². The Labute approximate surface area is 154 Å². The van der Waals surface area contributed by atoms with Crippen LogP contribution in [0.3, 0.4) is 0 Å². The van der Waals surface area contributed by atoms with Gasteiger partial charge in [0, 0.05) is 5.56 Å². The first-order chi connectivity index (χ1) is 12.0. The minimum absolute atomic E-state index is 0.246. The van der Waals surface area contributed by atoms with Crippen molar-refractivity contribution in [2.75, 3.05) is 13.7 Å². The molecule has 2 aromatic rings. The van der Waals surface area contributed by atoms with E-state index in [2.05, 4.69) is 15.8 Å². The van der Waals surface area contributed by atoms with E-state index in [1.54, 1.807) is 42.5 Å². The first-order valence-electron chi connectivity index (χ1n) is 7.20. The van der Waals surface area contributed by atoms with Crippen LogP contribution in [0.25, 0.3) is 0 Å². The van der Waals surface area contributed by atoms with E-state index in [9.17, 15) is 9.59 Å². The van der Waals surface area contributed by atoms with Crippen molar-refractivity contribution in [1.82, 2.24) is 10.7 Å². The molecule has 0 unspecified atom stereocenters. The average molecular weight is 380 g/mol. The summed E-state index contributed by atoms with van der Waals surface area (Å²) in [5, 5.41) is 7.09.